The number of carbonyl (C=O) groups excluding carboxylic acids is 2. The Bertz CT molecular complexity index is 821. The zero-order valence-electron chi connectivity index (χ0n) is 15.5. The third kappa shape index (κ3) is 3.57. The monoisotopic (exact) mass is 353 g/mol. The summed E-state index contributed by atoms with van der Waals surface area (Å²) in [5.74, 6) is 0.00727. The number of carbonyl (C=O) groups is 2. The third-order valence-electron chi connectivity index (χ3n) is 4.27. The van der Waals surface area contributed by atoms with Crippen LogP contribution in [0, 0.1) is 0 Å². The Hall–Kier alpha value is -2.82. The van der Waals surface area contributed by atoms with Crippen molar-refractivity contribution >= 4 is 17.7 Å². The predicted octanol–water partition coefficient (Wildman–Crippen LogP) is 4.30. The van der Waals surface area contributed by atoms with E-state index in [2.05, 4.69) is 0 Å². The van der Waals surface area contributed by atoms with Crippen molar-refractivity contribution < 1.29 is 19.1 Å². The molecule has 0 saturated carbocycles. The number of imide groups is 1. The normalized spacial score (nSPS) is 16.8. The summed E-state index contributed by atoms with van der Waals surface area (Å²) in [4.78, 5) is 27.1. The summed E-state index contributed by atoms with van der Waals surface area (Å²) in [5, 5.41) is 0. The van der Waals surface area contributed by atoms with Gasteiger partial charge in [-0.2, -0.15) is 0 Å². The van der Waals surface area contributed by atoms with E-state index < -0.39 is 17.6 Å². The van der Waals surface area contributed by atoms with Crippen LogP contribution in [0.2, 0.25) is 0 Å². The van der Waals surface area contributed by atoms with Gasteiger partial charge in [-0.15, -0.1) is 0 Å². The molecule has 1 heterocycles. The molecule has 2 aromatic carbocycles. The van der Waals surface area contributed by atoms with Crippen LogP contribution in [0.15, 0.2) is 48.5 Å². The second-order valence-electron chi connectivity index (χ2n) is 7.31. The second kappa shape index (κ2) is 6.83. The van der Waals surface area contributed by atoms with Crippen LogP contribution in [0.3, 0.4) is 0 Å². The molecule has 0 saturated heterocycles. The van der Waals surface area contributed by atoms with Crippen LogP contribution in [0.5, 0.6) is 5.75 Å². The van der Waals surface area contributed by atoms with Gasteiger partial charge in [0.2, 0.25) is 5.91 Å². The van der Waals surface area contributed by atoms with Gasteiger partial charge in [-0.1, -0.05) is 30.3 Å². The lowest BCUT2D eigenvalue weighted by Crippen LogP contribution is -2.46. The third-order valence-corrected chi connectivity index (χ3v) is 4.27. The summed E-state index contributed by atoms with van der Waals surface area (Å²) in [6.45, 7) is 5.35. The predicted molar refractivity (Wildman–Crippen MR) is 99.6 cm³/mol. The highest BCUT2D eigenvalue weighted by atomic mass is 16.6. The van der Waals surface area contributed by atoms with E-state index >= 15 is 0 Å². The Labute approximate surface area is 153 Å². The van der Waals surface area contributed by atoms with Crippen molar-refractivity contribution in [1.82, 2.24) is 0 Å². The van der Waals surface area contributed by atoms with Crippen LogP contribution in [0.4, 0.5) is 10.5 Å². The first-order valence-electron chi connectivity index (χ1n) is 8.59. The lowest BCUT2D eigenvalue weighted by Gasteiger charge is -2.34. The van der Waals surface area contributed by atoms with Gasteiger partial charge >= 0.3 is 6.09 Å². The van der Waals surface area contributed by atoms with Gasteiger partial charge in [0.25, 0.3) is 0 Å². The zero-order valence-corrected chi connectivity index (χ0v) is 15.5. The average molecular weight is 353 g/mol. The van der Waals surface area contributed by atoms with Crippen molar-refractivity contribution in [2.24, 2.45) is 0 Å². The number of hydrogen-bond donors (Lipinski definition) is 0. The van der Waals surface area contributed by atoms with Crippen LogP contribution in [-0.2, 0) is 16.0 Å². The first kappa shape index (κ1) is 18.0. The van der Waals surface area contributed by atoms with E-state index in [1.165, 1.54) is 4.90 Å². The second-order valence-corrected chi connectivity index (χ2v) is 7.31. The lowest BCUT2D eigenvalue weighted by molar-refractivity contribution is -0.120. The molecule has 0 aliphatic carbocycles. The first-order chi connectivity index (χ1) is 12.3. The maximum absolute atomic E-state index is 13.2. The van der Waals surface area contributed by atoms with E-state index in [0.717, 1.165) is 16.9 Å². The molecule has 26 heavy (non-hydrogen) atoms. The standard InChI is InChI=1S/C21H23NO4/c1-21(2,3)26-20(24)22-18-8-6-5-7-15(18)13-17(19(22)23)14-9-11-16(25-4)12-10-14/h5-12,17H,13H2,1-4H3/t17-/m1/s1. The molecule has 2 aromatic rings. The minimum Gasteiger partial charge on any atom is -0.497 e. The highest BCUT2D eigenvalue weighted by Gasteiger charge is 2.39. The van der Waals surface area contributed by atoms with E-state index in [9.17, 15) is 9.59 Å². The van der Waals surface area contributed by atoms with Crippen LogP contribution in [-0.4, -0.2) is 24.7 Å². The van der Waals surface area contributed by atoms with Crippen molar-refractivity contribution in [3.8, 4) is 5.75 Å². The minimum atomic E-state index is -0.681. The van der Waals surface area contributed by atoms with Gasteiger partial charge in [0.15, 0.2) is 0 Å². The fourth-order valence-electron chi connectivity index (χ4n) is 3.08. The van der Waals surface area contributed by atoms with E-state index in [1.807, 2.05) is 42.5 Å². The van der Waals surface area contributed by atoms with Gasteiger partial charge in [0.1, 0.15) is 11.4 Å². The Balaban J connectivity index is 2.00. The lowest BCUT2D eigenvalue weighted by atomic mass is 9.86. The molecule has 5 nitrogen and oxygen atoms in total. The Morgan fingerprint density at radius 2 is 1.73 bits per heavy atom. The number of hydrogen-bond acceptors (Lipinski definition) is 4. The molecule has 5 heteroatoms. The molecule has 0 bridgehead atoms. The van der Waals surface area contributed by atoms with Crippen molar-refractivity contribution in [1.29, 1.82) is 0 Å². The number of ether oxygens (including phenoxy) is 2. The number of amides is 2. The molecule has 3 rings (SSSR count). The van der Waals surface area contributed by atoms with Gasteiger partial charge in [0.05, 0.1) is 18.7 Å². The summed E-state index contributed by atoms with van der Waals surface area (Å²) in [5.41, 5.74) is 1.70. The maximum atomic E-state index is 13.2. The Morgan fingerprint density at radius 1 is 1.08 bits per heavy atom. The molecule has 0 aromatic heterocycles. The molecule has 136 valence electrons. The molecule has 2 amide bonds. The molecule has 0 N–H and O–H groups in total. The van der Waals surface area contributed by atoms with E-state index in [0.29, 0.717) is 12.1 Å². The summed E-state index contributed by atoms with van der Waals surface area (Å²) in [6, 6.07) is 14.8. The number of nitrogens with zero attached hydrogens (tertiary/aromatic N) is 1. The fraction of sp³-hybridized carbons (Fsp3) is 0.333. The molecular weight excluding hydrogens is 330 g/mol. The highest BCUT2D eigenvalue weighted by Crippen LogP contribution is 2.36. The number of benzene rings is 2. The highest BCUT2D eigenvalue weighted by molar-refractivity contribution is 6.16. The summed E-state index contributed by atoms with van der Waals surface area (Å²) >= 11 is 0. The van der Waals surface area contributed by atoms with Gasteiger partial charge in [-0.05, 0) is 56.5 Å². The Kier molecular flexibility index (Phi) is 4.72. The SMILES string of the molecule is COc1ccc([C@H]2Cc3ccccc3N(C(=O)OC(C)(C)C)C2=O)cc1. The number of para-hydroxylation sites is 1. The topological polar surface area (TPSA) is 55.8 Å². The number of methoxy groups -OCH3 is 1. The van der Waals surface area contributed by atoms with Crippen molar-refractivity contribution in [2.75, 3.05) is 12.0 Å². The molecular formula is C21H23NO4. The molecule has 0 spiro atoms. The summed E-state index contributed by atoms with van der Waals surface area (Å²) in [6.07, 6.45) is -0.103. The molecule has 1 aliphatic heterocycles. The van der Waals surface area contributed by atoms with Crippen molar-refractivity contribution in [2.45, 2.75) is 38.7 Å². The molecule has 0 fully saturated rings. The van der Waals surface area contributed by atoms with Gasteiger partial charge in [-0.3, -0.25) is 4.79 Å². The number of fused-ring (bicyclic) bond motifs is 1. The van der Waals surface area contributed by atoms with Crippen LogP contribution >= 0.6 is 0 Å². The number of anilines is 1. The van der Waals surface area contributed by atoms with Crippen LogP contribution in [0.25, 0.3) is 0 Å². The summed E-state index contributed by atoms with van der Waals surface area (Å²) in [7, 11) is 1.60. The molecule has 1 atom stereocenters. The van der Waals surface area contributed by atoms with Crippen LogP contribution < -0.4 is 9.64 Å². The zero-order chi connectivity index (χ0) is 18.9. The van der Waals surface area contributed by atoms with Crippen LogP contribution in [0.1, 0.15) is 37.8 Å². The largest absolute Gasteiger partial charge is 0.497 e. The van der Waals surface area contributed by atoms with Gasteiger partial charge in [-0.25, -0.2) is 9.69 Å². The average Bonchev–Trinajstić information content (AvgIpc) is 2.59. The quantitative estimate of drug-likeness (QED) is 0.807. The first-order valence-corrected chi connectivity index (χ1v) is 8.59. The summed E-state index contributed by atoms with van der Waals surface area (Å²) < 4.78 is 10.7. The minimum absolute atomic E-state index is 0.275. The fourth-order valence-corrected chi connectivity index (χ4v) is 3.08. The molecule has 0 unspecified atom stereocenters. The number of rotatable bonds is 2. The molecule has 1 aliphatic rings. The van der Waals surface area contributed by atoms with E-state index in [4.69, 9.17) is 9.47 Å². The van der Waals surface area contributed by atoms with E-state index in [-0.39, 0.29) is 5.91 Å². The van der Waals surface area contributed by atoms with E-state index in [1.54, 1.807) is 33.9 Å². The maximum Gasteiger partial charge on any atom is 0.421 e. The van der Waals surface area contributed by atoms with Crippen molar-refractivity contribution in [3.63, 3.8) is 0 Å². The Morgan fingerprint density at radius 3 is 2.35 bits per heavy atom. The molecule has 0 radical (unpaired) electrons. The van der Waals surface area contributed by atoms with Crippen molar-refractivity contribution in [3.05, 3.63) is 59.7 Å². The smallest absolute Gasteiger partial charge is 0.421 e. The van der Waals surface area contributed by atoms with Gasteiger partial charge in [0, 0.05) is 0 Å². The van der Waals surface area contributed by atoms with Gasteiger partial charge < -0.3 is 9.47 Å².